The minimum absolute atomic E-state index is 0.0296. The van der Waals surface area contributed by atoms with E-state index in [1.807, 2.05) is 80.6 Å². The summed E-state index contributed by atoms with van der Waals surface area (Å²) in [6, 6.07) is 23.2. The van der Waals surface area contributed by atoms with Crippen molar-refractivity contribution in [3.05, 3.63) is 105 Å². The zero-order chi connectivity index (χ0) is 22.7. The highest BCUT2D eigenvalue weighted by Crippen LogP contribution is 2.26. The molecule has 0 saturated heterocycles. The van der Waals surface area contributed by atoms with Crippen molar-refractivity contribution in [1.82, 2.24) is 9.55 Å². The van der Waals surface area contributed by atoms with Crippen LogP contribution in [0.15, 0.2) is 82.7 Å². The third-order valence-electron chi connectivity index (χ3n) is 5.59. The smallest absolute Gasteiger partial charge is 0.262 e. The summed E-state index contributed by atoms with van der Waals surface area (Å²) >= 11 is 1.34. The first-order valence-corrected chi connectivity index (χ1v) is 11.7. The van der Waals surface area contributed by atoms with Crippen molar-refractivity contribution >= 4 is 28.4 Å². The van der Waals surface area contributed by atoms with Crippen LogP contribution in [0.4, 0.5) is 0 Å². The molecule has 4 nitrogen and oxygen atoms in total. The summed E-state index contributed by atoms with van der Waals surface area (Å²) in [5.74, 6) is 0.0296. The molecular weight excluding hydrogens is 416 g/mol. The van der Waals surface area contributed by atoms with E-state index in [1.165, 1.54) is 22.9 Å². The Bertz CT molecular complexity index is 1310. The largest absolute Gasteiger partial charge is 0.293 e. The number of thioether (sulfide) groups is 1. The molecule has 1 aromatic heterocycles. The van der Waals surface area contributed by atoms with Crippen molar-refractivity contribution in [2.75, 3.05) is 0 Å². The van der Waals surface area contributed by atoms with Crippen LogP contribution in [-0.4, -0.2) is 20.6 Å². The number of Topliss-reactive ketones (excluding diaryl/α,β-unsaturated/α-hetero) is 1. The summed E-state index contributed by atoms with van der Waals surface area (Å²) in [5, 5.41) is 0.762. The predicted molar refractivity (Wildman–Crippen MR) is 132 cm³/mol. The predicted octanol–water partition coefficient (Wildman–Crippen LogP) is 5.68. The first-order valence-electron chi connectivity index (χ1n) is 10.8. The first-order chi connectivity index (χ1) is 15.5. The molecular formula is C27H26N2O2S. The van der Waals surface area contributed by atoms with E-state index in [0.29, 0.717) is 28.2 Å². The van der Waals surface area contributed by atoms with Gasteiger partial charge < -0.3 is 0 Å². The van der Waals surface area contributed by atoms with Crippen molar-refractivity contribution in [2.45, 2.75) is 44.1 Å². The van der Waals surface area contributed by atoms with Gasteiger partial charge >= 0.3 is 0 Å². The Morgan fingerprint density at radius 3 is 2.31 bits per heavy atom. The number of fused-ring (bicyclic) bond motifs is 1. The van der Waals surface area contributed by atoms with Gasteiger partial charge in [0.15, 0.2) is 10.9 Å². The number of nitrogens with zero attached hydrogens (tertiary/aromatic N) is 2. The van der Waals surface area contributed by atoms with E-state index >= 15 is 0 Å². The fraction of sp³-hybridized carbons (Fsp3) is 0.222. The summed E-state index contributed by atoms with van der Waals surface area (Å²) in [7, 11) is 0. The third-order valence-corrected chi connectivity index (χ3v) is 6.68. The van der Waals surface area contributed by atoms with Gasteiger partial charge in [0.1, 0.15) is 0 Å². The van der Waals surface area contributed by atoms with Crippen molar-refractivity contribution < 1.29 is 4.79 Å². The molecule has 1 atom stereocenters. The Kier molecular flexibility index (Phi) is 6.56. The third kappa shape index (κ3) is 4.68. The van der Waals surface area contributed by atoms with Gasteiger partial charge in [-0.25, -0.2) is 4.98 Å². The zero-order valence-corrected chi connectivity index (χ0v) is 19.4. The Morgan fingerprint density at radius 1 is 0.969 bits per heavy atom. The van der Waals surface area contributed by atoms with Crippen molar-refractivity contribution in [1.29, 1.82) is 0 Å². The van der Waals surface area contributed by atoms with Gasteiger partial charge in [-0.2, -0.15) is 0 Å². The lowest BCUT2D eigenvalue weighted by Crippen LogP contribution is -2.25. The Morgan fingerprint density at radius 2 is 1.62 bits per heavy atom. The summed E-state index contributed by atoms with van der Waals surface area (Å²) in [6.45, 7) is 6.41. The van der Waals surface area contributed by atoms with E-state index in [1.54, 1.807) is 10.6 Å². The zero-order valence-electron chi connectivity index (χ0n) is 18.5. The number of rotatable bonds is 7. The Labute approximate surface area is 192 Å². The first kappa shape index (κ1) is 22.0. The molecule has 0 aliphatic heterocycles. The van der Waals surface area contributed by atoms with E-state index in [4.69, 9.17) is 4.98 Å². The van der Waals surface area contributed by atoms with Gasteiger partial charge in [0.2, 0.25) is 0 Å². The maximum Gasteiger partial charge on any atom is 0.262 e. The number of aromatic nitrogens is 2. The summed E-state index contributed by atoms with van der Waals surface area (Å²) in [6.07, 6.45) is 0.936. The fourth-order valence-corrected chi connectivity index (χ4v) is 4.59. The number of hydrogen-bond acceptors (Lipinski definition) is 4. The molecule has 1 unspecified atom stereocenters. The van der Waals surface area contributed by atoms with Gasteiger partial charge in [-0.3, -0.25) is 14.2 Å². The molecule has 4 aromatic rings. The normalized spacial score (nSPS) is 12.1. The number of aryl methyl sites for hydroxylation is 2. The van der Waals surface area contributed by atoms with Crippen LogP contribution in [0.5, 0.6) is 0 Å². The van der Waals surface area contributed by atoms with Crippen LogP contribution in [-0.2, 0) is 13.0 Å². The molecule has 5 heteroatoms. The van der Waals surface area contributed by atoms with E-state index in [-0.39, 0.29) is 16.6 Å². The van der Waals surface area contributed by atoms with Crippen LogP contribution < -0.4 is 5.56 Å². The number of hydrogen-bond donors (Lipinski definition) is 0. The average molecular weight is 443 g/mol. The molecule has 1 heterocycles. The lowest BCUT2D eigenvalue weighted by Gasteiger charge is -2.16. The highest BCUT2D eigenvalue weighted by Gasteiger charge is 2.21. The van der Waals surface area contributed by atoms with Gasteiger partial charge in [0, 0.05) is 5.56 Å². The minimum atomic E-state index is -0.375. The van der Waals surface area contributed by atoms with Gasteiger partial charge in [-0.1, -0.05) is 84.9 Å². The molecule has 0 N–H and O–H groups in total. The lowest BCUT2D eigenvalue weighted by molar-refractivity contribution is 0.0994. The average Bonchev–Trinajstić information content (AvgIpc) is 2.82. The highest BCUT2D eigenvalue weighted by molar-refractivity contribution is 8.00. The molecule has 0 amide bonds. The lowest BCUT2D eigenvalue weighted by atomic mass is 10.1. The summed E-state index contributed by atoms with van der Waals surface area (Å²) < 4.78 is 1.68. The van der Waals surface area contributed by atoms with Crippen molar-refractivity contribution in [2.24, 2.45) is 0 Å². The monoisotopic (exact) mass is 442 g/mol. The van der Waals surface area contributed by atoms with Crippen LogP contribution in [0.2, 0.25) is 0 Å². The minimum Gasteiger partial charge on any atom is -0.293 e. The van der Waals surface area contributed by atoms with Gasteiger partial charge in [0.05, 0.1) is 22.7 Å². The summed E-state index contributed by atoms with van der Waals surface area (Å²) in [5.41, 5.74) is 4.62. The molecule has 162 valence electrons. The van der Waals surface area contributed by atoms with Crippen LogP contribution in [0, 0.1) is 6.92 Å². The fourth-order valence-electron chi connectivity index (χ4n) is 3.60. The van der Waals surface area contributed by atoms with E-state index in [9.17, 15) is 9.59 Å². The van der Waals surface area contributed by atoms with Crippen LogP contribution in [0.1, 0.15) is 40.9 Å². The standard InChI is InChI=1S/C27H26N2O2S/c1-4-20-13-15-22(16-14-20)25(30)19(3)32-27-28-24-8-6-5-7-23(24)26(31)29(27)17-21-11-9-18(2)10-12-21/h5-16,19H,4,17H2,1-3H3. The van der Waals surface area contributed by atoms with Crippen LogP contribution in [0.3, 0.4) is 0 Å². The SMILES string of the molecule is CCc1ccc(C(=O)C(C)Sc2nc3ccccc3c(=O)n2Cc2ccc(C)cc2)cc1. The topological polar surface area (TPSA) is 52.0 Å². The number of ketones is 1. The Balaban J connectivity index is 1.70. The molecule has 0 aliphatic rings. The molecule has 0 bridgehead atoms. The van der Waals surface area contributed by atoms with Crippen LogP contribution in [0.25, 0.3) is 10.9 Å². The molecule has 0 radical (unpaired) electrons. The molecule has 0 spiro atoms. The summed E-state index contributed by atoms with van der Waals surface area (Å²) in [4.78, 5) is 31.2. The Hall–Kier alpha value is -3.18. The molecule has 0 saturated carbocycles. The number of carbonyl (C=O) groups excluding carboxylic acids is 1. The van der Waals surface area contributed by atoms with Gasteiger partial charge in [-0.15, -0.1) is 0 Å². The second kappa shape index (κ2) is 9.53. The second-order valence-corrected chi connectivity index (χ2v) is 9.27. The van der Waals surface area contributed by atoms with Gasteiger partial charge in [-0.05, 0) is 43.5 Å². The maximum absolute atomic E-state index is 13.3. The van der Waals surface area contributed by atoms with Crippen LogP contribution >= 0.6 is 11.8 Å². The molecule has 0 aliphatic carbocycles. The van der Waals surface area contributed by atoms with Crippen molar-refractivity contribution in [3.63, 3.8) is 0 Å². The van der Waals surface area contributed by atoms with Crippen molar-refractivity contribution in [3.8, 4) is 0 Å². The number of carbonyl (C=O) groups is 1. The maximum atomic E-state index is 13.3. The number of benzene rings is 3. The molecule has 3 aromatic carbocycles. The molecule has 4 rings (SSSR count). The molecule has 32 heavy (non-hydrogen) atoms. The highest BCUT2D eigenvalue weighted by atomic mass is 32.2. The van der Waals surface area contributed by atoms with Gasteiger partial charge in [0.25, 0.3) is 5.56 Å². The van der Waals surface area contributed by atoms with E-state index < -0.39 is 0 Å². The van der Waals surface area contributed by atoms with E-state index in [2.05, 4.69) is 6.92 Å². The van der Waals surface area contributed by atoms with E-state index in [0.717, 1.165) is 12.0 Å². The number of para-hydroxylation sites is 1. The quantitative estimate of drug-likeness (QED) is 0.210. The molecule has 0 fully saturated rings. The second-order valence-electron chi connectivity index (χ2n) is 7.96.